The van der Waals surface area contributed by atoms with Crippen molar-refractivity contribution < 1.29 is 45.2 Å². The van der Waals surface area contributed by atoms with Gasteiger partial charge in [0.25, 0.3) is 0 Å². The van der Waals surface area contributed by atoms with Crippen LogP contribution in [0.4, 0.5) is 0 Å². The van der Waals surface area contributed by atoms with E-state index < -0.39 is 20.4 Å². The number of hydrogen-bond acceptors (Lipinski definition) is 0. The Balaban J connectivity index is 0.00000204. The predicted octanol–water partition coefficient (Wildman–Crippen LogP) is 1.98. The molecule has 0 bridgehead atoms. The zero-order valence-electron chi connectivity index (χ0n) is 22.2. The van der Waals surface area contributed by atoms with Gasteiger partial charge in [-0.1, -0.05) is 0 Å². The minimum atomic E-state index is -1.98. The van der Waals surface area contributed by atoms with Gasteiger partial charge in [0, 0.05) is 0 Å². The van der Waals surface area contributed by atoms with E-state index in [4.69, 9.17) is 0 Å². The molecule has 182 valence electrons. The first-order valence-corrected chi connectivity index (χ1v) is 20.5. The van der Waals surface area contributed by atoms with Crippen molar-refractivity contribution in [1.29, 1.82) is 0 Å². The van der Waals surface area contributed by atoms with Crippen molar-refractivity contribution in [3.63, 3.8) is 0 Å². The van der Waals surface area contributed by atoms with Crippen LogP contribution in [0.2, 0.25) is 12.1 Å². The maximum absolute atomic E-state index is 2.52. The van der Waals surface area contributed by atoms with Crippen LogP contribution in [0.3, 0.4) is 0 Å². The summed E-state index contributed by atoms with van der Waals surface area (Å²) in [5.74, 6) is 0. The van der Waals surface area contributed by atoms with Gasteiger partial charge in [0.2, 0.25) is 0 Å². The van der Waals surface area contributed by atoms with Gasteiger partial charge in [0.15, 0.2) is 0 Å². The van der Waals surface area contributed by atoms with Crippen LogP contribution in [0.1, 0.15) is 84.1 Å². The van der Waals surface area contributed by atoms with Crippen molar-refractivity contribution in [3.05, 3.63) is 74.1 Å². The van der Waals surface area contributed by atoms with E-state index in [1.807, 2.05) is 6.55 Å². The molecule has 0 aromatic heterocycles. The fourth-order valence-electron chi connectivity index (χ4n) is 5.45. The van der Waals surface area contributed by atoms with Crippen LogP contribution in [0, 0.1) is 0 Å². The van der Waals surface area contributed by atoms with E-state index in [1.165, 1.54) is 29.6 Å². The Kier molecular flexibility index (Phi) is 9.94. The molecule has 0 N–H and O–H groups in total. The first kappa shape index (κ1) is 29.8. The molecule has 2 aromatic carbocycles. The topological polar surface area (TPSA) is 0 Å². The van der Waals surface area contributed by atoms with Gasteiger partial charge in [-0.05, 0) is 0 Å². The van der Waals surface area contributed by atoms with Gasteiger partial charge in [0.05, 0.1) is 0 Å². The monoisotopic (exact) mass is 588 g/mol. The van der Waals surface area contributed by atoms with Gasteiger partial charge in [0.1, 0.15) is 0 Å². The van der Waals surface area contributed by atoms with Crippen LogP contribution in [0.5, 0.6) is 0 Å². The molecule has 0 saturated carbocycles. The van der Waals surface area contributed by atoms with Gasteiger partial charge in [-0.2, -0.15) is 0 Å². The third-order valence-corrected chi connectivity index (χ3v) is 28.6. The van der Waals surface area contributed by atoms with Gasteiger partial charge < -0.3 is 24.8 Å². The zero-order chi connectivity index (χ0) is 23.3. The van der Waals surface area contributed by atoms with Crippen LogP contribution < -0.4 is 28.1 Å². The maximum Gasteiger partial charge on any atom is -1.00 e. The number of benzene rings is 2. The summed E-state index contributed by atoms with van der Waals surface area (Å²) in [4.78, 5) is 0. The predicted molar refractivity (Wildman–Crippen MR) is 140 cm³/mol. The molecule has 0 amide bonds. The number of fused-ring (bicyclic) bond motifs is 3. The summed E-state index contributed by atoms with van der Waals surface area (Å²) in [6.45, 7) is 19.3. The Morgan fingerprint density at radius 2 is 1.50 bits per heavy atom. The molecule has 0 spiro atoms. The molecule has 4 heteroatoms. The molecule has 0 atom stereocenters. The van der Waals surface area contributed by atoms with Gasteiger partial charge in [-0.15, -0.1) is 0 Å². The molecule has 0 aliphatic heterocycles. The first-order chi connectivity index (χ1) is 15.1. The molecule has 34 heavy (non-hydrogen) atoms. The van der Waals surface area contributed by atoms with Crippen LogP contribution in [-0.4, -0.2) is 5.43 Å². The largest absolute Gasteiger partial charge is 1.00 e. The Labute approximate surface area is 228 Å². The Bertz CT molecular complexity index is 1150. The van der Waals surface area contributed by atoms with Crippen molar-refractivity contribution in [2.45, 2.75) is 91.1 Å². The molecule has 4 rings (SSSR count). The maximum atomic E-state index is 2.52. The molecule has 0 saturated heterocycles. The van der Waals surface area contributed by atoms with E-state index in [-0.39, 0.29) is 41.1 Å². The second kappa shape index (κ2) is 11.3. The summed E-state index contributed by atoms with van der Waals surface area (Å²) in [5, 5.41) is 0. The summed E-state index contributed by atoms with van der Waals surface area (Å²) in [5.41, 5.74) is 9.51. The van der Waals surface area contributed by atoms with Gasteiger partial charge in [-0.25, -0.2) is 0 Å². The quantitative estimate of drug-likeness (QED) is 0.408. The van der Waals surface area contributed by atoms with Crippen molar-refractivity contribution in [3.8, 4) is 11.1 Å². The van der Waals surface area contributed by atoms with E-state index in [0.717, 1.165) is 6.42 Å². The summed E-state index contributed by atoms with van der Waals surface area (Å²) in [7, 11) is 0. The van der Waals surface area contributed by atoms with Gasteiger partial charge >= 0.3 is 205 Å². The van der Waals surface area contributed by atoms with Crippen molar-refractivity contribution in [2.24, 2.45) is 0 Å². The van der Waals surface area contributed by atoms with E-state index in [2.05, 4.69) is 104 Å². The van der Waals surface area contributed by atoms with E-state index in [0.29, 0.717) is 0 Å². The average Bonchev–Trinajstić information content (AvgIpc) is 3.37. The number of allylic oxidation sites excluding steroid dienone is 4. The summed E-state index contributed by atoms with van der Waals surface area (Å²) in [6, 6.07) is 15.1. The normalized spacial score (nSPS) is 13.8. The molecule has 0 unspecified atom stereocenters. The van der Waals surface area contributed by atoms with Crippen molar-refractivity contribution in [1.82, 2.24) is 0 Å². The van der Waals surface area contributed by atoms with Gasteiger partial charge in [-0.3, -0.25) is 0 Å². The molecular formula is C30H40Cl2SiZr. The molecule has 0 nitrogen and oxygen atoms in total. The van der Waals surface area contributed by atoms with Crippen molar-refractivity contribution >= 4 is 8.70 Å². The second-order valence-electron chi connectivity index (χ2n) is 11.6. The molecule has 2 aliphatic carbocycles. The summed E-state index contributed by atoms with van der Waals surface area (Å²) in [6.07, 6.45) is 9.63. The first-order valence-electron chi connectivity index (χ1n) is 12.4. The minimum absolute atomic E-state index is 0. The Morgan fingerprint density at radius 1 is 0.853 bits per heavy atom. The third-order valence-electron chi connectivity index (χ3n) is 7.30. The SMILES string of the molecule is CC[Si](CC)=[Zr+2]([C]1=CC=CC1)[c]1c(C(C)(C)C)ccc2c1Cc1cc(C(C)(C)C)ccc1-2.[Cl-].[Cl-]. The second-order valence-corrected chi connectivity index (χ2v) is 27.0. The number of hydrogen-bond donors (Lipinski definition) is 0. The standard InChI is InChI=1S/C21H25.C5H5.C4H10Si.2ClH.Zr/c1-20(2,3)16-7-9-18-14(12-16)11-15-13-17(21(4,5)6)8-10-19(15)18;1-2-4-5-3-1;1-3-5-4-2;;;/h7-10,12H,11H2,1-6H3;1-3H,4H2;3-4H2,1-2H3;2*1H;/q;;;;;+2/p-2. The minimum Gasteiger partial charge on any atom is -1.00 e. The van der Waals surface area contributed by atoms with Crippen LogP contribution in [-0.2, 0) is 37.6 Å². The fraction of sp³-hybridized carbons (Fsp3) is 0.467. The van der Waals surface area contributed by atoms with E-state index in [1.54, 1.807) is 22.3 Å². The fourth-order valence-corrected chi connectivity index (χ4v) is 26.7. The van der Waals surface area contributed by atoms with Crippen molar-refractivity contribution in [2.75, 3.05) is 0 Å². The van der Waals surface area contributed by atoms with Crippen LogP contribution >= 0.6 is 0 Å². The molecular weight excluding hydrogens is 551 g/mol. The third kappa shape index (κ3) is 5.61. The van der Waals surface area contributed by atoms with Crippen LogP contribution in [0.25, 0.3) is 11.1 Å². The number of halogens is 2. The average molecular weight is 591 g/mol. The smallest absolute Gasteiger partial charge is 1.00 e. The summed E-state index contributed by atoms with van der Waals surface area (Å²) < 4.78 is 3.74. The Hall–Kier alpha value is -0.400. The van der Waals surface area contributed by atoms with Crippen LogP contribution in [0.15, 0.2) is 51.8 Å². The molecule has 2 aromatic rings. The molecule has 0 radical (unpaired) electrons. The molecule has 0 fully saturated rings. The Morgan fingerprint density at radius 3 is 2.03 bits per heavy atom. The zero-order valence-corrected chi connectivity index (χ0v) is 27.2. The van der Waals surface area contributed by atoms with E-state index in [9.17, 15) is 0 Å². The molecule has 0 heterocycles. The number of rotatable bonds is 4. The molecule has 2 aliphatic rings. The summed E-state index contributed by atoms with van der Waals surface area (Å²) >= 11 is -1.98. The van der Waals surface area contributed by atoms with E-state index >= 15 is 0 Å².